The van der Waals surface area contributed by atoms with Gasteiger partial charge in [0, 0.05) is 66.9 Å². The van der Waals surface area contributed by atoms with E-state index in [1.54, 1.807) is 22.9 Å². The average molecular weight is 664 g/mol. The van der Waals surface area contributed by atoms with Gasteiger partial charge in [0.25, 0.3) is 5.69 Å². The second kappa shape index (κ2) is 12.5. The molecule has 0 bridgehead atoms. The molecule has 6 rings (SSSR count). The number of rotatable bonds is 8. The zero-order valence-electron chi connectivity index (χ0n) is 27.1. The van der Waals surface area contributed by atoms with Crippen molar-refractivity contribution >= 4 is 33.5 Å². The van der Waals surface area contributed by atoms with Crippen molar-refractivity contribution in [2.45, 2.75) is 33.7 Å². The Labute approximate surface area is 275 Å². The molecule has 0 amide bonds. The van der Waals surface area contributed by atoms with Gasteiger partial charge in [0.2, 0.25) is 0 Å². The number of carbonyl (C=O) groups excluding carboxylic acids is 1. The van der Waals surface area contributed by atoms with Gasteiger partial charge in [-0.2, -0.15) is 10.6 Å². The number of hydrogen-bond acceptors (Lipinski definition) is 11. The van der Waals surface area contributed by atoms with E-state index in [1.165, 1.54) is 24.3 Å². The lowest BCUT2D eigenvalue weighted by atomic mass is 9.58. The summed E-state index contributed by atoms with van der Waals surface area (Å²) in [6.07, 6.45) is 5.33. The molecule has 0 saturated carbocycles. The number of allylic oxidation sites excluding steroid dienone is 2. The van der Waals surface area contributed by atoms with Gasteiger partial charge in [0.15, 0.2) is 5.82 Å². The Bertz CT molecular complexity index is 1740. The number of fused-ring (bicyclic) bond motifs is 1. The van der Waals surface area contributed by atoms with E-state index in [9.17, 15) is 24.0 Å². The van der Waals surface area contributed by atoms with Crippen LogP contribution in [0.5, 0.6) is 0 Å². The van der Waals surface area contributed by atoms with Crippen molar-refractivity contribution in [2.24, 2.45) is 10.8 Å². The van der Waals surface area contributed by atoms with Crippen LogP contribution in [-0.2, 0) is 11.3 Å². The molecule has 1 atom stereocenters. The number of esters is 1. The number of aromatic nitrogens is 4. The summed E-state index contributed by atoms with van der Waals surface area (Å²) in [4.78, 5) is 28.0. The lowest BCUT2D eigenvalue weighted by Crippen LogP contribution is -2.47. The standard InChI is InChI=1S/C33H41N7O6S/c1-32(2)28(23-5-7-24(8-6-23)31(41)46-4)9-11-33(3)22-38(12-10-29(32)33)26-19-25(20-27(21-26)40(42)43)30-34-35-36-39(30)14-13-37-15-17-47(44,45)18-16-37/h5-10,19-21,44-45H,11-18,22H2,1-4H3. The fourth-order valence-electron chi connectivity index (χ4n) is 7.31. The zero-order valence-corrected chi connectivity index (χ0v) is 27.9. The molecule has 3 aromatic rings. The third-order valence-electron chi connectivity index (χ3n) is 9.79. The van der Waals surface area contributed by atoms with Crippen molar-refractivity contribution in [2.75, 3.05) is 56.2 Å². The van der Waals surface area contributed by atoms with Gasteiger partial charge >= 0.3 is 5.97 Å². The Morgan fingerprint density at radius 3 is 2.45 bits per heavy atom. The Kier molecular flexibility index (Phi) is 8.72. The van der Waals surface area contributed by atoms with Gasteiger partial charge in [-0.25, -0.2) is 9.48 Å². The number of tetrazole rings is 1. The lowest BCUT2D eigenvalue weighted by molar-refractivity contribution is -0.384. The van der Waals surface area contributed by atoms with Crippen LogP contribution in [0.25, 0.3) is 17.0 Å². The van der Waals surface area contributed by atoms with Crippen molar-refractivity contribution in [3.63, 3.8) is 0 Å². The summed E-state index contributed by atoms with van der Waals surface area (Å²) in [5.41, 5.74) is 4.88. The molecule has 1 fully saturated rings. The number of carbonyl (C=O) groups is 1. The molecule has 47 heavy (non-hydrogen) atoms. The first kappa shape index (κ1) is 32.8. The van der Waals surface area contributed by atoms with E-state index in [0.717, 1.165) is 17.7 Å². The van der Waals surface area contributed by atoms with Crippen LogP contribution in [-0.4, -0.2) is 96.4 Å². The van der Waals surface area contributed by atoms with Crippen LogP contribution in [0.4, 0.5) is 11.4 Å². The van der Waals surface area contributed by atoms with Crippen LogP contribution in [0.3, 0.4) is 0 Å². The van der Waals surface area contributed by atoms with E-state index in [4.69, 9.17) is 4.74 Å². The number of nitro groups is 1. The second-order valence-electron chi connectivity index (χ2n) is 13.3. The minimum atomic E-state index is -2.48. The third kappa shape index (κ3) is 6.55. The Morgan fingerprint density at radius 1 is 1.04 bits per heavy atom. The molecule has 2 N–H and O–H groups in total. The molecule has 1 aromatic heterocycles. The maximum atomic E-state index is 12.1. The number of ether oxygens (including phenoxy) is 1. The number of benzene rings is 2. The molecular weight excluding hydrogens is 622 g/mol. The topological polar surface area (TPSA) is 160 Å². The summed E-state index contributed by atoms with van der Waals surface area (Å²) in [5.74, 6) is 0.790. The highest BCUT2D eigenvalue weighted by Gasteiger charge is 2.46. The van der Waals surface area contributed by atoms with Crippen molar-refractivity contribution in [1.82, 2.24) is 25.1 Å². The molecule has 13 nitrogen and oxygen atoms in total. The summed E-state index contributed by atoms with van der Waals surface area (Å²) in [5, 5.41) is 24.4. The van der Waals surface area contributed by atoms with Gasteiger partial charge in [0.05, 0.1) is 35.6 Å². The monoisotopic (exact) mass is 663 g/mol. The van der Waals surface area contributed by atoms with E-state index >= 15 is 0 Å². The maximum Gasteiger partial charge on any atom is 0.337 e. The minimum Gasteiger partial charge on any atom is -0.465 e. The predicted octanol–water partition coefficient (Wildman–Crippen LogP) is 5.37. The Morgan fingerprint density at radius 2 is 1.77 bits per heavy atom. The number of nitrogens with zero attached hydrogens (tertiary/aromatic N) is 7. The summed E-state index contributed by atoms with van der Waals surface area (Å²) >= 11 is 0. The first-order valence-corrected chi connectivity index (χ1v) is 17.6. The number of nitro benzene ring substituents is 1. The van der Waals surface area contributed by atoms with E-state index < -0.39 is 10.6 Å². The van der Waals surface area contributed by atoms with Crippen molar-refractivity contribution < 1.29 is 23.6 Å². The van der Waals surface area contributed by atoms with E-state index in [1.807, 2.05) is 18.2 Å². The molecule has 2 aliphatic heterocycles. The summed E-state index contributed by atoms with van der Waals surface area (Å²) in [6.45, 7) is 10.2. The van der Waals surface area contributed by atoms with Gasteiger partial charge < -0.3 is 9.64 Å². The summed E-state index contributed by atoms with van der Waals surface area (Å²) in [6, 6.07) is 12.6. The molecule has 3 heterocycles. The van der Waals surface area contributed by atoms with Gasteiger partial charge in [-0.3, -0.25) is 24.1 Å². The quantitative estimate of drug-likeness (QED) is 0.138. The number of hydrogen-bond donors (Lipinski definition) is 2. The van der Waals surface area contributed by atoms with E-state index in [-0.39, 0.29) is 27.4 Å². The minimum absolute atomic E-state index is 0.0326. The van der Waals surface area contributed by atoms with Crippen LogP contribution in [0, 0.1) is 20.9 Å². The fraction of sp³-hybridized carbons (Fsp3) is 0.455. The number of non-ortho nitro benzene ring substituents is 1. The highest BCUT2D eigenvalue weighted by molar-refractivity contribution is 8.24. The van der Waals surface area contributed by atoms with Crippen LogP contribution in [0.1, 0.15) is 43.1 Å². The highest BCUT2D eigenvalue weighted by atomic mass is 32.3. The van der Waals surface area contributed by atoms with Crippen molar-refractivity contribution in [1.29, 1.82) is 0 Å². The van der Waals surface area contributed by atoms with Crippen molar-refractivity contribution in [3.05, 3.63) is 81.4 Å². The molecule has 250 valence electrons. The number of anilines is 1. The van der Waals surface area contributed by atoms with Crippen LogP contribution in [0.2, 0.25) is 0 Å². The SMILES string of the molecule is COC(=O)c1ccc(C2=CCC3(C)CN(c4cc(-c5nnnn5CCN5CCS(O)(O)CC5)cc([N+](=O)[O-])c4)CC=C3C2(C)C)cc1. The van der Waals surface area contributed by atoms with Crippen LogP contribution >= 0.6 is 10.6 Å². The molecule has 1 saturated heterocycles. The fourth-order valence-corrected chi connectivity index (χ4v) is 8.61. The maximum absolute atomic E-state index is 12.1. The average Bonchev–Trinajstić information content (AvgIpc) is 3.52. The van der Waals surface area contributed by atoms with Gasteiger partial charge in [-0.1, -0.05) is 50.6 Å². The molecule has 3 aliphatic rings. The normalized spacial score (nSPS) is 22.9. The Hall–Kier alpha value is -4.11. The first-order chi connectivity index (χ1) is 22.3. The largest absolute Gasteiger partial charge is 0.465 e. The Balaban J connectivity index is 1.24. The molecular formula is C33H41N7O6S. The van der Waals surface area contributed by atoms with Gasteiger partial charge in [-0.15, -0.1) is 5.10 Å². The van der Waals surface area contributed by atoms with Crippen LogP contribution < -0.4 is 4.90 Å². The molecule has 1 aliphatic carbocycles. The summed E-state index contributed by atoms with van der Waals surface area (Å²) < 4.78 is 26.4. The van der Waals surface area contributed by atoms with E-state index in [2.05, 4.69) is 58.2 Å². The molecule has 14 heteroatoms. The zero-order chi connectivity index (χ0) is 33.6. The van der Waals surface area contributed by atoms with Gasteiger partial charge in [-0.05, 0) is 46.2 Å². The molecule has 2 aromatic carbocycles. The van der Waals surface area contributed by atoms with Crippen LogP contribution in [0.15, 0.2) is 60.2 Å². The summed E-state index contributed by atoms with van der Waals surface area (Å²) in [7, 11) is -1.11. The second-order valence-corrected chi connectivity index (χ2v) is 15.8. The lowest BCUT2D eigenvalue weighted by Gasteiger charge is -2.51. The third-order valence-corrected chi connectivity index (χ3v) is 11.5. The first-order valence-electron chi connectivity index (χ1n) is 15.7. The molecule has 0 radical (unpaired) electrons. The highest BCUT2D eigenvalue weighted by Crippen LogP contribution is 2.55. The van der Waals surface area contributed by atoms with Gasteiger partial charge in [0.1, 0.15) is 0 Å². The number of methoxy groups -OCH3 is 1. The molecule has 0 spiro atoms. The smallest absolute Gasteiger partial charge is 0.337 e. The van der Waals surface area contributed by atoms with Crippen molar-refractivity contribution in [3.8, 4) is 11.4 Å². The predicted molar refractivity (Wildman–Crippen MR) is 181 cm³/mol. The molecule has 1 unspecified atom stereocenters. The van der Waals surface area contributed by atoms with E-state index in [0.29, 0.717) is 67.7 Å².